The van der Waals surface area contributed by atoms with Crippen LogP contribution in [0.15, 0.2) is 46.9 Å². The van der Waals surface area contributed by atoms with Gasteiger partial charge in [0.05, 0.1) is 4.88 Å². The average Bonchev–Trinajstić information content (AvgIpc) is 2.93. The van der Waals surface area contributed by atoms with E-state index in [-0.39, 0.29) is 5.91 Å². The zero-order valence-electron chi connectivity index (χ0n) is 9.83. The number of carbonyl (C=O) groups is 1. The monoisotopic (exact) mass is 278 g/mol. The van der Waals surface area contributed by atoms with Crippen molar-refractivity contribution in [1.82, 2.24) is 10.3 Å². The van der Waals surface area contributed by atoms with Gasteiger partial charge in [0, 0.05) is 23.8 Å². The number of hydrogen-bond acceptors (Lipinski definition) is 4. The molecule has 0 fully saturated rings. The molecule has 0 unspecified atom stereocenters. The van der Waals surface area contributed by atoms with Gasteiger partial charge in [-0.05, 0) is 35.8 Å². The predicted molar refractivity (Wildman–Crippen MR) is 76.2 cm³/mol. The first kappa shape index (κ1) is 13.1. The highest BCUT2D eigenvalue weighted by molar-refractivity contribution is 7.99. The number of nitrogens with one attached hydrogen (secondary N) is 1. The van der Waals surface area contributed by atoms with E-state index in [4.69, 9.17) is 0 Å². The summed E-state index contributed by atoms with van der Waals surface area (Å²) in [5.74, 6) is 1.01. The Morgan fingerprint density at radius 1 is 1.39 bits per heavy atom. The van der Waals surface area contributed by atoms with Gasteiger partial charge in [-0.3, -0.25) is 9.78 Å². The lowest BCUT2D eigenvalue weighted by molar-refractivity contribution is 0.0958. The molecular weight excluding hydrogens is 264 g/mol. The number of aromatic nitrogens is 1. The zero-order chi connectivity index (χ0) is 12.6. The molecule has 2 rings (SSSR count). The molecule has 94 valence electrons. The molecule has 2 heterocycles. The third kappa shape index (κ3) is 4.16. The van der Waals surface area contributed by atoms with E-state index in [9.17, 15) is 4.79 Å². The molecule has 1 amide bonds. The van der Waals surface area contributed by atoms with E-state index >= 15 is 0 Å². The molecule has 0 atom stereocenters. The van der Waals surface area contributed by atoms with Crippen LogP contribution in [0.1, 0.15) is 16.1 Å². The molecule has 0 saturated carbocycles. The van der Waals surface area contributed by atoms with E-state index in [1.165, 1.54) is 16.2 Å². The number of carbonyl (C=O) groups excluding carboxylic acids is 1. The molecule has 0 aliphatic carbocycles. The fourth-order valence-corrected chi connectivity index (χ4v) is 2.87. The van der Waals surface area contributed by atoms with Crippen LogP contribution in [0.3, 0.4) is 0 Å². The highest BCUT2D eigenvalue weighted by Gasteiger charge is 2.04. The molecule has 2 aromatic rings. The molecule has 18 heavy (non-hydrogen) atoms. The summed E-state index contributed by atoms with van der Waals surface area (Å²) in [5, 5.41) is 4.82. The predicted octanol–water partition coefficient (Wildman–Crippen LogP) is 3.06. The first-order chi connectivity index (χ1) is 8.86. The van der Waals surface area contributed by atoms with Crippen LogP contribution in [0, 0.1) is 0 Å². The van der Waals surface area contributed by atoms with Gasteiger partial charge in [-0.1, -0.05) is 6.07 Å². The second-order valence-corrected chi connectivity index (χ2v) is 5.74. The largest absolute Gasteiger partial charge is 0.351 e. The van der Waals surface area contributed by atoms with Gasteiger partial charge in [-0.25, -0.2) is 0 Å². The summed E-state index contributed by atoms with van der Waals surface area (Å²) < 4.78 is 0. The van der Waals surface area contributed by atoms with E-state index in [2.05, 4.69) is 10.3 Å². The van der Waals surface area contributed by atoms with Crippen molar-refractivity contribution in [2.24, 2.45) is 0 Å². The number of rotatable bonds is 6. The SMILES string of the molecule is O=C(NCCCSc1cccnc1)c1cccs1. The van der Waals surface area contributed by atoms with Gasteiger partial charge in [0.25, 0.3) is 5.91 Å². The summed E-state index contributed by atoms with van der Waals surface area (Å²) in [6, 6.07) is 7.70. The Balaban J connectivity index is 1.61. The van der Waals surface area contributed by atoms with E-state index in [1.54, 1.807) is 18.0 Å². The molecule has 0 radical (unpaired) electrons. The summed E-state index contributed by atoms with van der Waals surface area (Å²) in [6.45, 7) is 0.712. The van der Waals surface area contributed by atoms with Crippen LogP contribution < -0.4 is 5.32 Å². The van der Waals surface area contributed by atoms with Crippen LogP contribution in [0.25, 0.3) is 0 Å². The maximum atomic E-state index is 11.6. The van der Waals surface area contributed by atoms with Crippen LogP contribution in [-0.4, -0.2) is 23.2 Å². The smallest absolute Gasteiger partial charge is 0.261 e. The van der Waals surface area contributed by atoms with E-state index < -0.39 is 0 Å². The van der Waals surface area contributed by atoms with E-state index in [0.29, 0.717) is 6.54 Å². The normalized spacial score (nSPS) is 10.2. The van der Waals surface area contributed by atoms with Crippen molar-refractivity contribution in [3.63, 3.8) is 0 Å². The highest BCUT2D eigenvalue weighted by Crippen LogP contribution is 2.16. The maximum Gasteiger partial charge on any atom is 0.261 e. The second-order valence-electron chi connectivity index (χ2n) is 3.62. The highest BCUT2D eigenvalue weighted by atomic mass is 32.2. The summed E-state index contributed by atoms with van der Waals surface area (Å²) in [4.78, 5) is 17.6. The van der Waals surface area contributed by atoms with Gasteiger partial charge in [-0.2, -0.15) is 0 Å². The molecular formula is C13H14N2OS2. The van der Waals surface area contributed by atoms with Gasteiger partial charge in [0.1, 0.15) is 0 Å². The van der Waals surface area contributed by atoms with Crippen LogP contribution in [0.4, 0.5) is 0 Å². The molecule has 0 aliphatic rings. The maximum absolute atomic E-state index is 11.6. The number of amides is 1. The number of thioether (sulfide) groups is 1. The second kappa shape index (κ2) is 7.18. The summed E-state index contributed by atoms with van der Waals surface area (Å²) in [5.41, 5.74) is 0. The molecule has 2 aromatic heterocycles. The minimum Gasteiger partial charge on any atom is -0.351 e. The minimum absolute atomic E-state index is 0.0244. The van der Waals surface area contributed by atoms with Gasteiger partial charge in [0.2, 0.25) is 0 Å². The lowest BCUT2D eigenvalue weighted by Gasteiger charge is -2.03. The van der Waals surface area contributed by atoms with Gasteiger partial charge < -0.3 is 5.32 Å². The standard InChI is InChI=1S/C13H14N2OS2/c16-13(12-5-2-8-18-12)15-7-3-9-17-11-4-1-6-14-10-11/h1-2,4-6,8,10H,3,7,9H2,(H,15,16). The minimum atomic E-state index is 0.0244. The number of pyridine rings is 1. The van der Waals surface area contributed by atoms with E-state index in [0.717, 1.165) is 17.1 Å². The van der Waals surface area contributed by atoms with Crippen molar-refractivity contribution in [2.75, 3.05) is 12.3 Å². The lowest BCUT2D eigenvalue weighted by Crippen LogP contribution is -2.23. The summed E-state index contributed by atoms with van der Waals surface area (Å²) in [6.07, 6.45) is 4.58. The van der Waals surface area contributed by atoms with Crippen LogP contribution in [-0.2, 0) is 0 Å². The quantitative estimate of drug-likeness (QED) is 0.652. The average molecular weight is 278 g/mol. The molecule has 5 heteroatoms. The third-order valence-electron chi connectivity index (χ3n) is 2.25. The van der Waals surface area contributed by atoms with Crippen molar-refractivity contribution in [3.8, 4) is 0 Å². The summed E-state index contributed by atoms with van der Waals surface area (Å²) in [7, 11) is 0. The third-order valence-corrected chi connectivity index (χ3v) is 4.19. The molecule has 1 N–H and O–H groups in total. The first-order valence-corrected chi connectivity index (χ1v) is 7.57. The molecule has 0 spiro atoms. The van der Waals surface area contributed by atoms with Crippen molar-refractivity contribution in [2.45, 2.75) is 11.3 Å². The Kier molecular flexibility index (Phi) is 5.23. The summed E-state index contributed by atoms with van der Waals surface area (Å²) >= 11 is 3.22. The Hall–Kier alpha value is -1.33. The van der Waals surface area contributed by atoms with Crippen molar-refractivity contribution in [1.29, 1.82) is 0 Å². The van der Waals surface area contributed by atoms with Crippen LogP contribution in [0.5, 0.6) is 0 Å². The Bertz CT molecular complexity index is 471. The molecule has 0 aliphatic heterocycles. The van der Waals surface area contributed by atoms with Gasteiger partial charge in [-0.15, -0.1) is 23.1 Å². The van der Waals surface area contributed by atoms with Crippen LogP contribution >= 0.6 is 23.1 Å². The van der Waals surface area contributed by atoms with Gasteiger partial charge >= 0.3 is 0 Å². The Labute approximate surface area is 115 Å². The molecule has 0 saturated heterocycles. The Morgan fingerprint density at radius 2 is 2.33 bits per heavy atom. The van der Waals surface area contributed by atoms with Crippen molar-refractivity contribution >= 4 is 29.0 Å². The van der Waals surface area contributed by atoms with E-state index in [1.807, 2.05) is 35.8 Å². The van der Waals surface area contributed by atoms with Gasteiger partial charge in [0.15, 0.2) is 0 Å². The number of nitrogens with zero attached hydrogens (tertiary/aromatic N) is 1. The molecule has 3 nitrogen and oxygen atoms in total. The number of hydrogen-bond donors (Lipinski definition) is 1. The van der Waals surface area contributed by atoms with Crippen LogP contribution in [0.2, 0.25) is 0 Å². The topological polar surface area (TPSA) is 42.0 Å². The molecule has 0 aromatic carbocycles. The van der Waals surface area contributed by atoms with Crippen molar-refractivity contribution < 1.29 is 4.79 Å². The molecule has 0 bridgehead atoms. The lowest BCUT2D eigenvalue weighted by atomic mass is 10.4. The fraction of sp³-hybridized carbons (Fsp3) is 0.231. The fourth-order valence-electron chi connectivity index (χ4n) is 1.39. The number of thiophene rings is 1. The first-order valence-electron chi connectivity index (χ1n) is 5.71. The van der Waals surface area contributed by atoms with Crippen molar-refractivity contribution in [3.05, 3.63) is 46.9 Å². The Morgan fingerprint density at radius 3 is 3.06 bits per heavy atom. The zero-order valence-corrected chi connectivity index (χ0v) is 11.5.